The zero-order valence-corrected chi connectivity index (χ0v) is 9.04. The van der Waals surface area contributed by atoms with Crippen LogP contribution < -0.4 is 5.32 Å². The zero-order valence-electron chi connectivity index (χ0n) is 9.04. The molecule has 14 heavy (non-hydrogen) atoms. The molecule has 4 heteroatoms. The predicted octanol–water partition coefficient (Wildman–Crippen LogP) is 0.522. The lowest BCUT2D eigenvalue weighted by atomic mass is 10.0. The smallest absolute Gasteiger partial charge is 0.245 e. The van der Waals surface area contributed by atoms with Crippen LogP contribution in [-0.4, -0.2) is 35.3 Å². The lowest BCUT2D eigenvalue weighted by molar-refractivity contribution is -0.148. The molecule has 0 radical (unpaired) electrons. The van der Waals surface area contributed by atoms with Gasteiger partial charge in [-0.15, -0.1) is 0 Å². The van der Waals surface area contributed by atoms with Crippen molar-refractivity contribution in [1.82, 2.24) is 10.2 Å². The molecular weight excluding hydrogens is 180 g/mol. The van der Waals surface area contributed by atoms with E-state index in [2.05, 4.69) is 5.32 Å². The van der Waals surface area contributed by atoms with Crippen LogP contribution in [-0.2, 0) is 9.59 Å². The third-order valence-corrected chi connectivity index (χ3v) is 2.66. The number of hydrogen-bond acceptors (Lipinski definition) is 2. The standard InChI is InChI=1S/C10H18N2O2/c1-4-6-8-10(14)12(5-2)7(3)9(13)11-8/h7-8H,4-6H2,1-3H3,(H,11,13). The van der Waals surface area contributed by atoms with Crippen LogP contribution in [0.2, 0.25) is 0 Å². The summed E-state index contributed by atoms with van der Waals surface area (Å²) in [6.45, 7) is 6.27. The van der Waals surface area contributed by atoms with Gasteiger partial charge in [-0.2, -0.15) is 0 Å². The van der Waals surface area contributed by atoms with E-state index in [-0.39, 0.29) is 23.9 Å². The highest BCUT2D eigenvalue weighted by Gasteiger charge is 2.36. The van der Waals surface area contributed by atoms with Gasteiger partial charge in [0, 0.05) is 6.54 Å². The molecule has 1 N–H and O–H groups in total. The summed E-state index contributed by atoms with van der Waals surface area (Å²) in [4.78, 5) is 24.9. The Morgan fingerprint density at radius 3 is 2.50 bits per heavy atom. The lowest BCUT2D eigenvalue weighted by Crippen LogP contribution is -2.62. The normalized spacial score (nSPS) is 27.8. The van der Waals surface area contributed by atoms with Crippen molar-refractivity contribution in [3.05, 3.63) is 0 Å². The first-order valence-corrected chi connectivity index (χ1v) is 5.22. The van der Waals surface area contributed by atoms with Crippen LogP contribution in [0.1, 0.15) is 33.6 Å². The third-order valence-electron chi connectivity index (χ3n) is 2.66. The van der Waals surface area contributed by atoms with Crippen molar-refractivity contribution in [3.63, 3.8) is 0 Å². The maximum Gasteiger partial charge on any atom is 0.245 e. The molecule has 0 bridgehead atoms. The van der Waals surface area contributed by atoms with Gasteiger partial charge in [-0.05, 0) is 20.3 Å². The van der Waals surface area contributed by atoms with Crippen molar-refractivity contribution in [2.75, 3.05) is 6.54 Å². The average Bonchev–Trinajstić information content (AvgIpc) is 2.16. The first kappa shape index (κ1) is 11.0. The molecule has 0 aromatic heterocycles. The topological polar surface area (TPSA) is 49.4 Å². The van der Waals surface area contributed by atoms with Crippen LogP contribution in [0.5, 0.6) is 0 Å². The highest BCUT2D eigenvalue weighted by atomic mass is 16.2. The van der Waals surface area contributed by atoms with Gasteiger partial charge in [0.15, 0.2) is 0 Å². The maximum absolute atomic E-state index is 11.8. The highest BCUT2D eigenvalue weighted by molar-refractivity contribution is 5.96. The summed E-state index contributed by atoms with van der Waals surface area (Å²) < 4.78 is 0. The quantitative estimate of drug-likeness (QED) is 0.718. The summed E-state index contributed by atoms with van der Waals surface area (Å²) in [6.07, 6.45) is 1.64. The van der Waals surface area contributed by atoms with Crippen LogP contribution in [0.25, 0.3) is 0 Å². The van der Waals surface area contributed by atoms with Gasteiger partial charge in [-0.1, -0.05) is 13.3 Å². The monoisotopic (exact) mass is 198 g/mol. The van der Waals surface area contributed by atoms with Gasteiger partial charge in [-0.25, -0.2) is 0 Å². The Hall–Kier alpha value is -1.06. The predicted molar refractivity (Wildman–Crippen MR) is 53.7 cm³/mol. The molecule has 1 saturated heterocycles. The minimum Gasteiger partial charge on any atom is -0.343 e. The molecule has 0 aromatic carbocycles. The second kappa shape index (κ2) is 4.44. The number of nitrogens with one attached hydrogen (secondary N) is 1. The van der Waals surface area contributed by atoms with Crippen LogP contribution in [0.4, 0.5) is 0 Å². The molecule has 0 spiro atoms. The first-order valence-electron chi connectivity index (χ1n) is 5.22. The van der Waals surface area contributed by atoms with Crippen LogP contribution in [0.3, 0.4) is 0 Å². The molecule has 2 amide bonds. The van der Waals surface area contributed by atoms with E-state index in [1.165, 1.54) is 0 Å². The van der Waals surface area contributed by atoms with E-state index in [4.69, 9.17) is 0 Å². The van der Waals surface area contributed by atoms with Crippen molar-refractivity contribution < 1.29 is 9.59 Å². The SMILES string of the molecule is CCCC1NC(=O)C(C)N(CC)C1=O. The number of amides is 2. The molecule has 0 aromatic rings. The Balaban J connectivity index is 2.75. The number of carbonyl (C=O) groups excluding carboxylic acids is 2. The minimum atomic E-state index is -0.319. The van der Waals surface area contributed by atoms with Crippen LogP contribution in [0.15, 0.2) is 0 Å². The van der Waals surface area contributed by atoms with E-state index in [9.17, 15) is 9.59 Å². The summed E-state index contributed by atoms with van der Waals surface area (Å²) in [7, 11) is 0. The van der Waals surface area contributed by atoms with E-state index in [1.807, 2.05) is 13.8 Å². The third kappa shape index (κ3) is 1.89. The largest absolute Gasteiger partial charge is 0.343 e. The van der Waals surface area contributed by atoms with Gasteiger partial charge in [0.25, 0.3) is 0 Å². The Kier molecular flexibility index (Phi) is 3.49. The van der Waals surface area contributed by atoms with Crippen molar-refractivity contribution in [2.24, 2.45) is 0 Å². The fourth-order valence-electron chi connectivity index (χ4n) is 1.80. The van der Waals surface area contributed by atoms with Gasteiger partial charge in [0.05, 0.1) is 0 Å². The second-order valence-corrected chi connectivity index (χ2v) is 3.65. The number of hydrogen-bond donors (Lipinski definition) is 1. The molecular formula is C10H18N2O2. The van der Waals surface area contributed by atoms with Gasteiger partial charge < -0.3 is 10.2 Å². The molecule has 80 valence electrons. The van der Waals surface area contributed by atoms with Crippen LogP contribution >= 0.6 is 0 Å². The molecule has 0 aliphatic carbocycles. The Labute approximate surface area is 84.7 Å². The van der Waals surface area contributed by atoms with E-state index < -0.39 is 0 Å². The molecule has 4 nitrogen and oxygen atoms in total. The Morgan fingerprint density at radius 1 is 1.36 bits per heavy atom. The second-order valence-electron chi connectivity index (χ2n) is 3.65. The minimum absolute atomic E-state index is 0.0371. The van der Waals surface area contributed by atoms with Gasteiger partial charge in [0.2, 0.25) is 11.8 Å². The van der Waals surface area contributed by atoms with E-state index >= 15 is 0 Å². The number of likely N-dealkylation sites (N-methyl/N-ethyl adjacent to an activating group) is 1. The average molecular weight is 198 g/mol. The fourth-order valence-corrected chi connectivity index (χ4v) is 1.80. The maximum atomic E-state index is 11.8. The zero-order chi connectivity index (χ0) is 10.7. The van der Waals surface area contributed by atoms with Gasteiger partial charge in [-0.3, -0.25) is 9.59 Å². The molecule has 2 unspecified atom stereocenters. The molecule has 1 aliphatic heterocycles. The molecule has 1 rings (SSSR count). The Bertz CT molecular complexity index is 240. The summed E-state index contributed by atoms with van der Waals surface area (Å²) in [5.74, 6) is 0.0198. The Morgan fingerprint density at radius 2 is 2.00 bits per heavy atom. The van der Waals surface area contributed by atoms with Crippen molar-refractivity contribution in [3.8, 4) is 0 Å². The van der Waals surface area contributed by atoms with Crippen molar-refractivity contribution in [2.45, 2.75) is 45.7 Å². The summed E-state index contributed by atoms with van der Waals surface area (Å²) in [6, 6.07) is -0.621. The number of piperazine rings is 1. The fraction of sp³-hybridized carbons (Fsp3) is 0.800. The number of carbonyl (C=O) groups is 2. The van der Waals surface area contributed by atoms with E-state index in [0.29, 0.717) is 6.54 Å². The van der Waals surface area contributed by atoms with E-state index in [1.54, 1.807) is 11.8 Å². The number of nitrogens with zero attached hydrogens (tertiary/aromatic N) is 1. The molecule has 1 aliphatic rings. The summed E-state index contributed by atoms with van der Waals surface area (Å²) >= 11 is 0. The molecule has 1 heterocycles. The molecule has 1 fully saturated rings. The van der Waals surface area contributed by atoms with Gasteiger partial charge >= 0.3 is 0 Å². The van der Waals surface area contributed by atoms with Crippen LogP contribution in [0, 0.1) is 0 Å². The van der Waals surface area contributed by atoms with Gasteiger partial charge in [0.1, 0.15) is 12.1 Å². The number of rotatable bonds is 3. The lowest BCUT2D eigenvalue weighted by Gasteiger charge is -2.36. The highest BCUT2D eigenvalue weighted by Crippen LogP contribution is 2.12. The molecule has 0 saturated carbocycles. The summed E-state index contributed by atoms with van der Waals surface area (Å²) in [5.41, 5.74) is 0. The van der Waals surface area contributed by atoms with E-state index in [0.717, 1.165) is 12.8 Å². The van der Waals surface area contributed by atoms with Crippen molar-refractivity contribution >= 4 is 11.8 Å². The molecule has 2 atom stereocenters. The summed E-state index contributed by atoms with van der Waals surface area (Å²) in [5, 5.41) is 2.75. The first-order chi connectivity index (χ1) is 6.61. The van der Waals surface area contributed by atoms with Crippen molar-refractivity contribution in [1.29, 1.82) is 0 Å².